The van der Waals surface area contributed by atoms with Crippen LogP contribution in [0.4, 0.5) is 6.01 Å². The van der Waals surface area contributed by atoms with Gasteiger partial charge in [-0.2, -0.15) is 0 Å². The molecular formula is C19H19N3O6S. The van der Waals surface area contributed by atoms with E-state index in [0.29, 0.717) is 17.1 Å². The van der Waals surface area contributed by atoms with Crippen molar-refractivity contribution in [3.8, 4) is 23.0 Å². The molecule has 0 spiro atoms. The number of hydrogen-bond acceptors (Lipinski definition) is 8. The second-order valence-corrected chi connectivity index (χ2v) is 8.01. The third-order valence-electron chi connectivity index (χ3n) is 4.03. The van der Waals surface area contributed by atoms with Gasteiger partial charge in [-0.1, -0.05) is 17.2 Å². The summed E-state index contributed by atoms with van der Waals surface area (Å²) in [4.78, 5) is 12.2. The third-order valence-corrected chi connectivity index (χ3v) is 5.76. The van der Waals surface area contributed by atoms with Crippen LogP contribution >= 0.6 is 0 Å². The number of ether oxygens (including phenoxy) is 2. The molecule has 1 aromatic heterocycles. The summed E-state index contributed by atoms with van der Waals surface area (Å²) in [6.07, 6.45) is -0.263. The predicted octanol–water partition coefficient (Wildman–Crippen LogP) is 2.56. The molecule has 1 amide bonds. The Morgan fingerprint density at radius 1 is 1.03 bits per heavy atom. The molecule has 1 N–H and O–H groups in total. The van der Waals surface area contributed by atoms with Gasteiger partial charge in [0.2, 0.25) is 5.91 Å². The molecule has 29 heavy (non-hydrogen) atoms. The number of nitrogens with one attached hydrogen (secondary N) is 1. The highest BCUT2D eigenvalue weighted by Crippen LogP contribution is 2.29. The summed E-state index contributed by atoms with van der Waals surface area (Å²) in [7, 11) is -0.613. The molecule has 1 heterocycles. The topological polar surface area (TPSA) is 121 Å². The molecule has 0 aliphatic rings. The highest BCUT2D eigenvalue weighted by molar-refractivity contribution is 7.91. The molecule has 0 unspecified atom stereocenters. The minimum atomic E-state index is -3.62. The Labute approximate surface area is 167 Å². The van der Waals surface area contributed by atoms with Gasteiger partial charge in [-0.3, -0.25) is 10.1 Å². The number of sulfone groups is 1. The van der Waals surface area contributed by atoms with E-state index in [-0.39, 0.29) is 29.0 Å². The van der Waals surface area contributed by atoms with Crippen LogP contribution in [0.15, 0.2) is 57.8 Å². The molecule has 0 saturated heterocycles. The van der Waals surface area contributed by atoms with Crippen molar-refractivity contribution in [3.05, 3.63) is 48.5 Å². The average Bonchev–Trinajstić information content (AvgIpc) is 3.20. The van der Waals surface area contributed by atoms with Crippen molar-refractivity contribution < 1.29 is 27.1 Å². The molecular weight excluding hydrogens is 398 g/mol. The Hall–Kier alpha value is -3.40. The SMILES string of the molecule is COc1ccc(S(=O)(=O)CCC(=O)Nc2nnc(-c3ccccc3OC)o2)cc1. The maximum atomic E-state index is 12.4. The van der Waals surface area contributed by atoms with Crippen LogP contribution in [0.2, 0.25) is 0 Å². The minimum Gasteiger partial charge on any atom is -0.497 e. The molecule has 0 bridgehead atoms. The van der Waals surface area contributed by atoms with E-state index in [9.17, 15) is 13.2 Å². The molecule has 0 saturated carbocycles. The fraction of sp³-hybridized carbons (Fsp3) is 0.211. The fourth-order valence-electron chi connectivity index (χ4n) is 2.51. The Bertz CT molecular complexity index is 1090. The van der Waals surface area contributed by atoms with Crippen LogP contribution in [0.1, 0.15) is 6.42 Å². The lowest BCUT2D eigenvalue weighted by Gasteiger charge is -2.05. The van der Waals surface area contributed by atoms with E-state index in [1.807, 2.05) is 0 Å². The second kappa shape index (κ2) is 8.74. The molecule has 3 rings (SSSR count). The molecule has 152 valence electrons. The summed E-state index contributed by atoms with van der Waals surface area (Å²) >= 11 is 0. The number of aromatic nitrogens is 2. The van der Waals surface area contributed by atoms with Gasteiger partial charge in [0.15, 0.2) is 9.84 Å². The van der Waals surface area contributed by atoms with Gasteiger partial charge in [0, 0.05) is 6.42 Å². The summed E-state index contributed by atoms with van der Waals surface area (Å²) in [5, 5.41) is 10.0. The van der Waals surface area contributed by atoms with Crippen molar-refractivity contribution in [3.63, 3.8) is 0 Å². The second-order valence-electron chi connectivity index (χ2n) is 5.91. The van der Waals surface area contributed by atoms with E-state index in [4.69, 9.17) is 13.9 Å². The zero-order valence-corrected chi connectivity index (χ0v) is 16.6. The van der Waals surface area contributed by atoms with Gasteiger partial charge in [0.25, 0.3) is 5.89 Å². The molecule has 0 aliphatic carbocycles. The van der Waals surface area contributed by atoms with Gasteiger partial charge in [-0.15, -0.1) is 5.10 Å². The van der Waals surface area contributed by atoms with Crippen LogP contribution < -0.4 is 14.8 Å². The lowest BCUT2D eigenvalue weighted by molar-refractivity contribution is -0.115. The first-order valence-electron chi connectivity index (χ1n) is 8.56. The quantitative estimate of drug-likeness (QED) is 0.594. The number of anilines is 1. The molecule has 0 aliphatic heterocycles. The first-order chi connectivity index (χ1) is 13.9. The highest BCUT2D eigenvalue weighted by atomic mass is 32.2. The van der Waals surface area contributed by atoms with Crippen molar-refractivity contribution >= 4 is 21.8 Å². The van der Waals surface area contributed by atoms with Gasteiger partial charge in [0.05, 0.1) is 30.4 Å². The molecule has 0 radical (unpaired) electrons. The number of nitrogens with zero attached hydrogens (tertiary/aromatic N) is 2. The Kier molecular flexibility index (Phi) is 6.13. The number of para-hydroxylation sites is 1. The smallest absolute Gasteiger partial charge is 0.322 e. The number of methoxy groups -OCH3 is 2. The normalized spacial score (nSPS) is 11.1. The summed E-state index contributed by atoms with van der Waals surface area (Å²) in [6.45, 7) is 0. The summed E-state index contributed by atoms with van der Waals surface area (Å²) < 4.78 is 40.4. The van der Waals surface area contributed by atoms with E-state index in [1.165, 1.54) is 26.4 Å². The maximum absolute atomic E-state index is 12.4. The zero-order valence-electron chi connectivity index (χ0n) is 15.8. The molecule has 0 fully saturated rings. The molecule has 3 aromatic rings. The predicted molar refractivity (Wildman–Crippen MR) is 105 cm³/mol. The van der Waals surface area contributed by atoms with E-state index < -0.39 is 15.7 Å². The van der Waals surface area contributed by atoms with Gasteiger partial charge >= 0.3 is 6.01 Å². The monoisotopic (exact) mass is 417 g/mol. The average molecular weight is 417 g/mol. The number of carbonyl (C=O) groups excluding carboxylic acids is 1. The molecule has 10 heteroatoms. The Morgan fingerprint density at radius 2 is 1.76 bits per heavy atom. The number of hydrogen-bond donors (Lipinski definition) is 1. The number of rotatable bonds is 8. The largest absolute Gasteiger partial charge is 0.497 e. The van der Waals surface area contributed by atoms with Crippen molar-refractivity contribution in [1.82, 2.24) is 10.2 Å². The summed E-state index contributed by atoms with van der Waals surface area (Å²) in [5.74, 6) is 0.336. The van der Waals surface area contributed by atoms with Crippen molar-refractivity contribution in [1.29, 1.82) is 0 Å². The van der Waals surface area contributed by atoms with Crippen molar-refractivity contribution in [2.75, 3.05) is 25.3 Å². The Morgan fingerprint density at radius 3 is 2.45 bits per heavy atom. The van der Waals surface area contributed by atoms with E-state index >= 15 is 0 Å². The fourth-order valence-corrected chi connectivity index (χ4v) is 3.75. The lowest BCUT2D eigenvalue weighted by atomic mass is 10.2. The zero-order chi connectivity index (χ0) is 20.9. The van der Waals surface area contributed by atoms with E-state index in [1.54, 1.807) is 36.4 Å². The van der Waals surface area contributed by atoms with Gasteiger partial charge in [-0.05, 0) is 36.4 Å². The summed E-state index contributed by atoms with van der Waals surface area (Å²) in [6, 6.07) is 12.9. The van der Waals surface area contributed by atoms with E-state index in [2.05, 4.69) is 15.5 Å². The third kappa shape index (κ3) is 4.91. The Balaban J connectivity index is 1.62. The first-order valence-corrected chi connectivity index (χ1v) is 10.2. The van der Waals surface area contributed by atoms with Gasteiger partial charge in [-0.25, -0.2) is 8.42 Å². The van der Waals surface area contributed by atoms with Crippen LogP contribution in [0.25, 0.3) is 11.5 Å². The first kappa shape index (κ1) is 20.3. The summed E-state index contributed by atoms with van der Waals surface area (Å²) in [5.41, 5.74) is 0.574. The van der Waals surface area contributed by atoms with Crippen LogP contribution in [-0.2, 0) is 14.6 Å². The van der Waals surface area contributed by atoms with Crippen molar-refractivity contribution in [2.45, 2.75) is 11.3 Å². The number of amides is 1. The lowest BCUT2D eigenvalue weighted by Crippen LogP contribution is -2.17. The number of carbonyl (C=O) groups is 1. The van der Waals surface area contributed by atoms with Gasteiger partial charge < -0.3 is 13.9 Å². The van der Waals surface area contributed by atoms with Crippen LogP contribution in [0.5, 0.6) is 11.5 Å². The van der Waals surface area contributed by atoms with E-state index in [0.717, 1.165) is 0 Å². The molecule has 2 aromatic carbocycles. The minimum absolute atomic E-state index is 0.113. The molecule has 9 nitrogen and oxygen atoms in total. The van der Waals surface area contributed by atoms with Crippen LogP contribution in [0.3, 0.4) is 0 Å². The van der Waals surface area contributed by atoms with Gasteiger partial charge in [0.1, 0.15) is 11.5 Å². The van der Waals surface area contributed by atoms with Crippen molar-refractivity contribution in [2.24, 2.45) is 0 Å². The standard InChI is InChI=1S/C19H19N3O6S/c1-26-13-7-9-14(10-8-13)29(24,25)12-11-17(23)20-19-22-21-18(28-19)15-5-3-4-6-16(15)27-2/h3-10H,11-12H2,1-2H3,(H,20,22,23). The van der Waals surface area contributed by atoms with Crippen LogP contribution in [0, 0.1) is 0 Å². The molecule has 0 atom stereocenters. The maximum Gasteiger partial charge on any atom is 0.322 e. The number of benzene rings is 2. The van der Waals surface area contributed by atoms with Crippen LogP contribution in [-0.4, -0.2) is 44.5 Å². The highest BCUT2D eigenvalue weighted by Gasteiger charge is 2.19.